The number of hydrogen-bond acceptors (Lipinski definition) is 3. The second kappa shape index (κ2) is 31.6. The van der Waals surface area contributed by atoms with Crippen LogP contribution in [0.3, 0.4) is 0 Å². The maximum Gasteiger partial charge on any atom is 0.145 e. The molecule has 27 aromatic rings. The zero-order chi connectivity index (χ0) is 91.7. The Morgan fingerprint density at radius 2 is 0.479 bits per heavy atom. The highest BCUT2D eigenvalue weighted by Crippen LogP contribution is 2.56. The second-order valence-corrected chi connectivity index (χ2v) is 37.3. The third-order valence-corrected chi connectivity index (χ3v) is 29.8. The number of benzene rings is 22. The van der Waals surface area contributed by atoms with E-state index in [0.717, 1.165) is 156 Å². The van der Waals surface area contributed by atoms with E-state index in [1.165, 1.54) is 109 Å². The average Bonchev–Trinajstić information content (AvgIpc) is 1.56. The fraction of sp³-hybridized carbons (Fsp3) is 0.0152. The Hall–Kier alpha value is -18.5. The standard InChI is InChI=1S/C132H84N8/c1-5-33-93(34-6-1)135-119-55-25-21-47-103(119)115-77-87(67-71-123(115)135)89-69-73-125-117(79-89)105-49-23-27-57-121(105)137(125)97-41-29-31-91(75-97)113-81-112(84-61-65-86(66-62-84)132-134-128-108-52-18-14-44-100(108)102-46-16-20-54-110(102)130(128)140(132)96-39-11-4-12-40-96)114(82-111(113)83-59-63-85(64-60-83)131-133-127-107-51-17-13-43-99(107)101-45-15-19-53-109(101)129(127)139(131)95-37-9-3-10-38-95)92-32-30-42-98(76-92)138-122-58-28-24-50-106(122)118-80-90(70-74-126(118)138)88-68-72-124-116(78-88)104-48-22-26-56-120(104)136(124)94-35-7-2-8-36-94/h1-82,127,129H. The molecule has 0 fully saturated rings. The number of fused-ring (bicyclic) bond motifs is 24. The molecule has 0 amide bonds. The van der Waals surface area contributed by atoms with E-state index in [1.807, 2.05) is 0 Å². The number of imidazole rings is 1. The number of rotatable bonds is 14. The number of nitrogens with zero attached hydrogens (tertiary/aromatic N) is 8. The summed E-state index contributed by atoms with van der Waals surface area (Å²) < 4.78 is 12.1. The van der Waals surface area contributed by atoms with E-state index in [0.29, 0.717) is 0 Å². The van der Waals surface area contributed by atoms with Crippen molar-refractivity contribution in [2.45, 2.75) is 12.1 Å². The fourth-order valence-corrected chi connectivity index (χ4v) is 23.6. The summed E-state index contributed by atoms with van der Waals surface area (Å²) in [6, 6.07) is 184. The predicted octanol–water partition coefficient (Wildman–Crippen LogP) is 34.1. The van der Waals surface area contributed by atoms with E-state index in [2.05, 4.69) is 525 Å². The molecule has 2 aliphatic rings. The van der Waals surface area contributed by atoms with Crippen LogP contribution in [0, 0.1) is 0 Å². The van der Waals surface area contributed by atoms with Crippen LogP contribution < -0.4 is 4.90 Å². The van der Waals surface area contributed by atoms with Gasteiger partial charge in [0.05, 0.1) is 61.2 Å². The molecule has 0 spiro atoms. The van der Waals surface area contributed by atoms with E-state index >= 15 is 0 Å². The van der Waals surface area contributed by atoms with Gasteiger partial charge >= 0.3 is 0 Å². The third-order valence-electron chi connectivity index (χ3n) is 29.8. The molecule has 2 atom stereocenters. The molecule has 140 heavy (non-hydrogen) atoms. The topological polar surface area (TPSA) is 53.1 Å². The number of anilines is 1. The van der Waals surface area contributed by atoms with Crippen molar-refractivity contribution in [3.8, 4) is 118 Å². The van der Waals surface area contributed by atoms with Gasteiger partial charge in [-0.15, -0.1) is 0 Å². The lowest BCUT2D eigenvalue weighted by molar-refractivity contribution is 0.604. The van der Waals surface area contributed by atoms with Gasteiger partial charge in [-0.2, -0.15) is 0 Å². The van der Waals surface area contributed by atoms with E-state index in [9.17, 15) is 0 Å². The Morgan fingerprint density at radius 3 is 0.921 bits per heavy atom. The van der Waals surface area contributed by atoms with Crippen LogP contribution in [0.4, 0.5) is 5.69 Å². The first-order valence-corrected chi connectivity index (χ1v) is 48.3. The molecule has 8 nitrogen and oxygen atoms in total. The second-order valence-electron chi connectivity index (χ2n) is 37.3. The highest BCUT2D eigenvalue weighted by atomic mass is 15.3. The summed E-state index contributed by atoms with van der Waals surface area (Å²) in [7, 11) is 0. The van der Waals surface area contributed by atoms with Gasteiger partial charge in [0.25, 0.3) is 0 Å². The maximum atomic E-state index is 5.90. The minimum absolute atomic E-state index is 0.0722. The molecule has 5 aromatic heterocycles. The molecule has 2 unspecified atom stereocenters. The minimum Gasteiger partial charge on any atom is -0.316 e. The van der Waals surface area contributed by atoms with Gasteiger partial charge in [0, 0.05) is 99.1 Å². The zero-order valence-electron chi connectivity index (χ0n) is 76.1. The summed E-state index contributed by atoms with van der Waals surface area (Å²) in [5.41, 5.74) is 38.1. The van der Waals surface area contributed by atoms with Gasteiger partial charge in [0.15, 0.2) is 0 Å². The summed E-state index contributed by atoms with van der Waals surface area (Å²) in [6.45, 7) is 0. The van der Waals surface area contributed by atoms with Gasteiger partial charge < -0.3 is 23.2 Å². The van der Waals surface area contributed by atoms with Crippen LogP contribution in [0.2, 0.25) is 0 Å². The molecule has 0 bridgehead atoms. The molecule has 1 aliphatic carbocycles. The van der Waals surface area contributed by atoms with Crippen LogP contribution in [-0.4, -0.2) is 33.7 Å². The van der Waals surface area contributed by atoms with Gasteiger partial charge in [-0.05, 0) is 258 Å². The van der Waals surface area contributed by atoms with Crippen molar-refractivity contribution in [2.24, 2.45) is 4.99 Å². The Kier molecular flexibility index (Phi) is 17.8. The van der Waals surface area contributed by atoms with Gasteiger partial charge in [-0.1, -0.05) is 340 Å². The molecular weight excluding hydrogens is 1700 g/mol. The largest absolute Gasteiger partial charge is 0.316 e. The molecule has 0 saturated heterocycles. The number of para-hydroxylation sites is 8. The summed E-state index contributed by atoms with van der Waals surface area (Å²) >= 11 is 0. The SMILES string of the molecule is c1ccc(N2C(c3ccc(-c4cc(-c5cccc(-n6c7ccccc7c7cc(-c8ccc9c(c8)c8ccccc8n9-c8ccccc8)ccc76)c5)c(-c5ccc(-c6nc7c8ccccc8c8ccccc8c7n6-c6ccccc6)cc5)cc4-c4cccc(-n5c6ccccc6c6cc(-c7ccc8c(c7)c7ccccc7n8-c7ccccc7)ccc65)c4)cc3)=NC3c4ccccc4-c4ccccc4C32)cc1. The number of aliphatic imine (C=N–C) groups is 1. The van der Waals surface area contributed by atoms with Crippen molar-refractivity contribution in [2.75, 3.05) is 4.90 Å². The molecule has 8 heteroatoms. The number of amidine groups is 1. The molecule has 0 radical (unpaired) electrons. The van der Waals surface area contributed by atoms with Crippen molar-refractivity contribution >= 4 is 131 Å². The Labute approximate surface area is 807 Å². The van der Waals surface area contributed by atoms with Crippen LogP contribution in [0.1, 0.15) is 28.8 Å². The first-order valence-electron chi connectivity index (χ1n) is 48.3. The third kappa shape index (κ3) is 12.3. The molecule has 0 N–H and O–H groups in total. The van der Waals surface area contributed by atoms with Gasteiger partial charge in [0.1, 0.15) is 17.7 Å². The van der Waals surface area contributed by atoms with E-state index < -0.39 is 0 Å². The predicted molar refractivity (Wildman–Crippen MR) is 584 cm³/mol. The number of hydrogen-bond donors (Lipinski definition) is 0. The van der Waals surface area contributed by atoms with E-state index in [4.69, 9.17) is 9.98 Å². The molecule has 6 heterocycles. The van der Waals surface area contributed by atoms with Crippen molar-refractivity contribution in [3.63, 3.8) is 0 Å². The Balaban J connectivity index is 0.633. The summed E-state index contributed by atoms with van der Waals surface area (Å²) in [4.78, 5) is 14.2. The van der Waals surface area contributed by atoms with Gasteiger partial charge in [-0.25, -0.2) is 4.98 Å². The smallest absolute Gasteiger partial charge is 0.145 e. The van der Waals surface area contributed by atoms with Gasteiger partial charge in [-0.3, -0.25) is 9.56 Å². The van der Waals surface area contributed by atoms with Crippen LogP contribution in [0.15, 0.2) is 502 Å². The minimum atomic E-state index is -0.144. The van der Waals surface area contributed by atoms with Crippen LogP contribution in [0.5, 0.6) is 0 Å². The van der Waals surface area contributed by atoms with E-state index in [-0.39, 0.29) is 12.1 Å². The van der Waals surface area contributed by atoms with Gasteiger partial charge in [0.2, 0.25) is 0 Å². The van der Waals surface area contributed by atoms with Crippen LogP contribution >= 0.6 is 0 Å². The van der Waals surface area contributed by atoms with Crippen LogP contribution in [-0.2, 0) is 0 Å². The highest BCUT2D eigenvalue weighted by molar-refractivity contribution is 6.25. The Morgan fingerprint density at radius 1 is 0.171 bits per heavy atom. The summed E-state index contributed by atoms with van der Waals surface area (Å²) in [5, 5.41) is 14.3. The summed E-state index contributed by atoms with van der Waals surface area (Å²) in [5.74, 6) is 1.80. The molecule has 22 aromatic carbocycles. The lowest BCUT2D eigenvalue weighted by Crippen LogP contribution is -2.33. The zero-order valence-corrected chi connectivity index (χ0v) is 76.1. The van der Waals surface area contributed by atoms with E-state index in [1.54, 1.807) is 0 Å². The highest BCUT2D eigenvalue weighted by Gasteiger charge is 2.44. The van der Waals surface area contributed by atoms with Crippen molar-refractivity contribution < 1.29 is 0 Å². The average molecular weight is 1780 g/mol. The van der Waals surface area contributed by atoms with Crippen molar-refractivity contribution in [3.05, 3.63) is 514 Å². The summed E-state index contributed by atoms with van der Waals surface area (Å²) in [6.07, 6.45) is 0. The molecular formula is C132H84N8. The van der Waals surface area contributed by atoms with Crippen molar-refractivity contribution in [1.29, 1.82) is 0 Å². The van der Waals surface area contributed by atoms with Crippen LogP contribution in [0.25, 0.3) is 238 Å². The lowest BCUT2D eigenvalue weighted by atomic mass is 9.79. The number of aromatic nitrogens is 6. The lowest BCUT2D eigenvalue weighted by Gasteiger charge is -2.36. The first-order chi connectivity index (χ1) is 69.5. The molecule has 0 saturated carbocycles. The monoisotopic (exact) mass is 1780 g/mol. The maximum absolute atomic E-state index is 5.90. The molecule has 652 valence electrons. The normalized spacial score (nSPS) is 13.6. The Bertz CT molecular complexity index is 9820. The molecule has 1 aliphatic heterocycles. The van der Waals surface area contributed by atoms with Crippen molar-refractivity contribution in [1.82, 2.24) is 27.8 Å². The first kappa shape index (κ1) is 78.9. The molecule has 29 rings (SSSR count). The fourth-order valence-electron chi connectivity index (χ4n) is 23.6. The quantitative estimate of drug-likeness (QED) is 0.102.